The van der Waals surface area contributed by atoms with Gasteiger partial charge in [-0.15, -0.1) is 0 Å². The number of carboxylic acids is 1. The number of hydrogen-bond donors (Lipinski definition) is 7. The summed E-state index contributed by atoms with van der Waals surface area (Å²) in [7, 11) is 0. The fraction of sp³-hybridized carbons (Fsp3) is 0.765. The fourth-order valence-electron chi connectivity index (χ4n) is 2.27. The van der Waals surface area contributed by atoms with E-state index in [1.165, 1.54) is 0 Å². The lowest BCUT2D eigenvalue weighted by atomic mass is 9.99. The predicted octanol–water partition coefficient (Wildman–Crippen LogP) is -2.46. The molecular weight excluding hydrogens is 372 g/mol. The molecule has 0 rings (SSSR count). The van der Waals surface area contributed by atoms with Crippen molar-refractivity contribution in [2.24, 2.45) is 17.6 Å². The maximum absolute atomic E-state index is 12.5. The SMILES string of the molecule is CCC(C)C(NC(=O)C(CO)NC(=O)C(NC(=O)C(N)CO)C(C)C)C(=O)O. The maximum Gasteiger partial charge on any atom is 0.326 e. The maximum atomic E-state index is 12.5. The summed E-state index contributed by atoms with van der Waals surface area (Å²) in [6, 6.07) is -4.86. The molecule has 0 aromatic rings. The normalized spacial score (nSPS) is 16.4. The minimum absolute atomic E-state index is 0.362. The van der Waals surface area contributed by atoms with Crippen molar-refractivity contribution in [3.05, 3.63) is 0 Å². The molecule has 0 aromatic heterocycles. The van der Waals surface area contributed by atoms with Crippen LogP contribution in [0.25, 0.3) is 0 Å². The van der Waals surface area contributed by atoms with Crippen LogP contribution in [0, 0.1) is 11.8 Å². The first-order valence-electron chi connectivity index (χ1n) is 9.11. The van der Waals surface area contributed by atoms with Crippen molar-refractivity contribution in [3.8, 4) is 0 Å². The molecule has 0 saturated carbocycles. The van der Waals surface area contributed by atoms with Crippen molar-refractivity contribution in [1.82, 2.24) is 16.0 Å². The van der Waals surface area contributed by atoms with Crippen molar-refractivity contribution < 1.29 is 34.5 Å². The van der Waals surface area contributed by atoms with Crippen molar-refractivity contribution in [3.63, 3.8) is 0 Å². The summed E-state index contributed by atoms with van der Waals surface area (Å²) in [5.41, 5.74) is 5.41. The molecule has 0 fully saturated rings. The summed E-state index contributed by atoms with van der Waals surface area (Å²) in [6.07, 6.45) is 0.500. The van der Waals surface area contributed by atoms with Gasteiger partial charge < -0.3 is 37.0 Å². The first-order chi connectivity index (χ1) is 13.0. The van der Waals surface area contributed by atoms with Crippen molar-refractivity contribution in [2.75, 3.05) is 13.2 Å². The quantitative estimate of drug-likeness (QED) is 0.186. The highest BCUT2D eigenvalue weighted by molar-refractivity contribution is 5.94. The molecule has 11 nitrogen and oxygen atoms in total. The number of nitrogens with two attached hydrogens (primary N) is 1. The van der Waals surface area contributed by atoms with Gasteiger partial charge in [0.1, 0.15) is 24.2 Å². The number of carboxylic acid groups (broad SMARTS) is 1. The Labute approximate surface area is 164 Å². The number of amides is 3. The molecule has 5 unspecified atom stereocenters. The molecule has 0 bridgehead atoms. The van der Waals surface area contributed by atoms with Gasteiger partial charge >= 0.3 is 5.97 Å². The minimum Gasteiger partial charge on any atom is -0.480 e. The zero-order valence-corrected chi connectivity index (χ0v) is 16.6. The second-order valence-corrected chi connectivity index (χ2v) is 6.97. The number of aliphatic hydroxyl groups excluding tert-OH is 2. The lowest BCUT2D eigenvalue weighted by Crippen LogP contribution is -2.60. The minimum atomic E-state index is -1.40. The molecule has 0 heterocycles. The molecule has 0 spiro atoms. The average molecular weight is 404 g/mol. The van der Waals surface area contributed by atoms with Crippen molar-refractivity contribution in [2.45, 2.75) is 58.3 Å². The Morgan fingerprint density at radius 2 is 1.39 bits per heavy atom. The molecule has 0 saturated heterocycles. The molecule has 0 aliphatic carbocycles. The van der Waals surface area contributed by atoms with Gasteiger partial charge in [-0.25, -0.2) is 4.79 Å². The molecule has 0 aromatic carbocycles. The topological polar surface area (TPSA) is 191 Å². The van der Waals surface area contributed by atoms with Crippen LogP contribution in [0.1, 0.15) is 34.1 Å². The molecule has 3 amide bonds. The van der Waals surface area contributed by atoms with Crippen molar-refractivity contribution >= 4 is 23.7 Å². The Hall–Kier alpha value is -2.24. The van der Waals surface area contributed by atoms with E-state index in [4.69, 9.17) is 10.8 Å². The molecule has 5 atom stereocenters. The second-order valence-electron chi connectivity index (χ2n) is 6.97. The van der Waals surface area contributed by atoms with E-state index in [1.54, 1.807) is 27.7 Å². The highest BCUT2D eigenvalue weighted by Crippen LogP contribution is 2.08. The number of rotatable bonds is 12. The molecule has 28 heavy (non-hydrogen) atoms. The van der Waals surface area contributed by atoms with E-state index in [0.717, 1.165) is 0 Å². The van der Waals surface area contributed by atoms with Crippen LogP contribution in [0.3, 0.4) is 0 Å². The summed E-state index contributed by atoms with van der Waals surface area (Å²) in [4.78, 5) is 48.0. The number of nitrogens with one attached hydrogen (secondary N) is 3. The second kappa shape index (κ2) is 12.3. The number of hydrogen-bond acceptors (Lipinski definition) is 7. The Balaban J connectivity index is 5.18. The molecule has 11 heteroatoms. The highest BCUT2D eigenvalue weighted by atomic mass is 16.4. The van der Waals surface area contributed by atoms with Crippen LogP contribution in [0.5, 0.6) is 0 Å². The molecule has 8 N–H and O–H groups in total. The standard InChI is InChI=1S/C17H32N4O7/c1-5-9(4)13(17(27)28)21-15(25)11(7-23)19-16(26)12(8(2)3)20-14(24)10(18)6-22/h8-13,22-23H,5-7,18H2,1-4H3,(H,19,26)(H,20,24)(H,21,25)(H,27,28). The summed E-state index contributed by atoms with van der Waals surface area (Å²) in [5.74, 6) is -4.33. The summed E-state index contributed by atoms with van der Waals surface area (Å²) in [5, 5.41) is 34.6. The van der Waals surface area contributed by atoms with Gasteiger partial charge in [0.25, 0.3) is 0 Å². The van der Waals surface area contributed by atoms with E-state index in [-0.39, 0.29) is 11.8 Å². The van der Waals surface area contributed by atoms with Gasteiger partial charge in [0.2, 0.25) is 17.7 Å². The number of aliphatic hydroxyl groups is 2. The van der Waals surface area contributed by atoms with E-state index in [0.29, 0.717) is 6.42 Å². The van der Waals surface area contributed by atoms with Crippen LogP contribution >= 0.6 is 0 Å². The fourth-order valence-corrected chi connectivity index (χ4v) is 2.27. The molecule has 0 aliphatic rings. The van der Waals surface area contributed by atoms with E-state index in [2.05, 4.69) is 16.0 Å². The number of carbonyl (C=O) groups excluding carboxylic acids is 3. The lowest BCUT2D eigenvalue weighted by Gasteiger charge is -2.27. The van der Waals surface area contributed by atoms with E-state index in [9.17, 15) is 29.4 Å². The summed E-state index contributed by atoms with van der Waals surface area (Å²) >= 11 is 0. The lowest BCUT2D eigenvalue weighted by molar-refractivity contribution is -0.144. The average Bonchev–Trinajstić information content (AvgIpc) is 2.65. The smallest absolute Gasteiger partial charge is 0.326 e. The third kappa shape index (κ3) is 7.79. The zero-order valence-electron chi connectivity index (χ0n) is 16.6. The van der Waals surface area contributed by atoms with Crippen LogP contribution in [-0.4, -0.2) is 76.4 Å². The van der Waals surface area contributed by atoms with Gasteiger partial charge in [-0.3, -0.25) is 14.4 Å². The summed E-state index contributed by atoms with van der Waals surface area (Å²) < 4.78 is 0. The Morgan fingerprint density at radius 3 is 1.79 bits per heavy atom. The van der Waals surface area contributed by atoms with Crippen LogP contribution in [0.4, 0.5) is 0 Å². The summed E-state index contributed by atoms with van der Waals surface area (Å²) in [6.45, 7) is 5.34. The Kier molecular flexibility index (Phi) is 11.3. The van der Waals surface area contributed by atoms with Gasteiger partial charge in [-0.05, 0) is 11.8 Å². The van der Waals surface area contributed by atoms with Crippen LogP contribution in [-0.2, 0) is 19.2 Å². The van der Waals surface area contributed by atoms with E-state index in [1.807, 2.05) is 0 Å². The third-order valence-corrected chi connectivity index (χ3v) is 4.37. The van der Waals surface area contributed by atoms with Crippen LogP contribution in [0.15, 0.2) is 0 Å². The largest absolute Gasteiger partial charge is 0.480 e. The Bertz CT molecular complexity index is 556. The van der Waals surface area contributed by atoms with Gasteiger partial charge in [0, 0.05) is 0 Å². The number of aliphatic carboxylic acids is 1. The predicted molar refractivity (Wildman–Crippen MR) is 99.9 cm³/mol. The third-order valence-electron chi connectivity index (χ3n) is 4.37. The molecular formula is C17H32N4O7. The first-order valence-corrected chi connectivity index (χ1v) is 9.11. The first kappa shape index (κ1) is 25.8. The van der Waals surface area contributed by atoms with E-state index < -0.39 is 61.1 Å². The van der Waals surface area contributed by atoms with Crippen molar-refractivity contribution in [1.29, 1.82) is 0 Å². The highest BCUT2D eigenvalue weighted by Gasteiger charge is 2.32. The monoisotopic (exact) mass is 404 g/mol. The number of carbonyl (C=O) groups is 4. The molecule has 0 radical (unpaired) electrons. The van der Waals surface area contributed by atoms with Gasteiger partial charge in [-0.2, -0.15) is 0 Å². The van der Waals surface area contributed by atoms with E-state index >= 15 is 0 Å². The van der Waals surface area contributed by atoms with Crippen LogP contribution in [0.2, 0.25) is 0 Å². The van der Waals surface area contributed by atoms with Crippen LogP contribution < -0.4 is 21.7 Å². The molecule has 0 aliphatic heterocycles. The Morgan fingerprint density at radius 1 is 0.857 bits per heavy atom. The molecule has 162 valence electrons. The van der Waals surface area contributed by atoms with Gasteiger partial charge in [0.05, 0.1) is 13.2 Å². The zero-order chi connectivity index (χ0) is 22.0. The van der Waals surface area contributed by atoms with Gasteiger partial charge in [-0.1, -0.05) is 34.1 Å². The van der Waals surface area contributed by atoms with Gasteiger partial charge in [0.15, 0.2) is 0 Å².